The van der Waals surface area contributed by atoms with E-state index in [4.69, 9.17) is 10.5 Å². The summed E-state index contributed by atoms with van der Waals surface area (Å²) in [5, 5.41) is 9.45. The summed E-state index contributed by atoms with van der Waals surface area (Å²) in [6, 6.07) is 0. The van der Waals surface area contributed by atoms with Crippen molar-refractivity contribution < 1.29 is 14.6 Å². The van der Waals surface area contributed by atoms with Crippen LogP contribution < -0.4 is 5.73 Å². The summed E-state index contributed by atoms with van der Waals surface area (Å²) in [7, 11) is 0. The van der Waals surface area contributed by atoms with Crippen molar-refractivity contribution in [1.82, 2.24) is 0 Å². The second-order valence-electron chi connectivity index (χ2n) is 5.20. The highest BCUT2D eigenvalue weighted by atomic mass is 16.5. The van der Waals surface area contributed by atoms with E-state index in [0.717, 1.165) is 45.3 Å². The molecule has 1 atom stereocenters. The van der Waals surface area contributed by atoms with Crippen LogP contribution in [0.3, 0.4) is 0 Å². The number of hydrogen-bond donors (Lipinski definition) is 2. The minimum Gasteiger partial charge on any atom is -0.481 e. The normalized spacial score (nSPS) is 26.3. The fraction of sp³-hybridized carbons (Fsp3) is 0.917. The zero-order valence-electron chi connectivity index (χ0n) is 9.65. The van der Waals surface area contributed by atoms with Crippen LogP contribution in [0.25, 0.3) is 0 Å². The molecule has 0 radical (unpaired) electrons. The van der Waals surface area contributed by atoms with Crippen LogP contribution >= 0.6 is 0 Å². The first-order valence-electron chi connectivity index (χ1n) is 6.20. The van der Waals surface area contributed by atoms with Crippen LogP contribution in [0.5, 0.6) is 0 Å². The second kappa shape index (κ2) is 4.72. The molecule has 0 bridgehead atoms. The van der Waals surface area contributed by atoms with Crippen molar-refractivity contribution >= 4 is 5.97 Å². The van der Waals surface area contributed by atoms with Gasteiger partial charge in [-0.25, -0.2) is 0 Å². The van der Waals surface area contributed by atoms with E-state index in [1.54, 1.807) is 0 Å². The molecule has 1 unspecified atom stereocenters. The fourth-order valence-corrected chi connectivity index (χ4v) is 2.87. The first-order valence-corrected chi connectivity index (χ1v) is 6.20. The van der Waals surface area contributed by atoms with Gasteiger partial charge < -0.3 is 15.6 Å². The van der Waals surface area contributed by atoms with Gasteiger partial charge in [0.15, 0.2) is 0 Å². The number of rotatable bonds is 5. The third kappa shape index (κ3) is 2.23. The monoisotopic (exact) mass is 227 g/mol. The maximum atomic E-state index is 11.5. The summed E-state index contributed by atoms with van der Waals surface area (Å²) in [4.78, 5) is 11.5. The molecule has 1 saturated carbocycles. The van der Waals surface area contributed by atoms with Crippen molar-refractivity contribution in [3.63, 3.8) is 0 Å². The fourth-order valence-electron chi connectivity index (χ4n) is 2.87. The number of carboxylic acids is 1. The Labute approximate surface area is 96.2 Å². The van der Waals surface area contributed by atoms with E-state index in [9.17, 15) is 9.90 Å². The first-order chi connectivity index (χ1) is 7.69. The van der Waals surface area contributed by atoms with Crippen molar-refractivity contribution in [1.29, 1.82) is 0 Å². The summed E-state index contributed by atoms with van der Waals surface area (Å²) < 4.78 is 5.31. The minimum atomic E-state index is -0.691. The molecule has 2 rings (SSSR count). The maximum absolute atomic E-state index is 11.5. The molecular weight excluding hydrogens is 206 g/mol. The Balaban J connectivity index is 2.03. The molecule has 4 nitrogen and oxygen atoms in total. The predicted octanol–water partition coefficient (Wildman–Crippen LogP) is 1.24. The lowest BCUT2D eigenvalue weighted by atomic mass is 9.73. The van der Waals surface area contributed by atoms with Gasteiger partial charge in [0.2, 0.25) is 0 Å². The largest absolute Gasteiger partial charge is 0.481 e. The highest BCUT2D eigenvalue weighted by molar-refractivity contribution is 5.76. The van der Waals surface area contributed by atoms with Gasteiger partial charge in [-0.3, -0.25) is 4.79 Å². The van der Waals surface area contributed by atoms with Crippen LogP contribution in [0.1, 0.15) is 32.1 Å². The minimum absolute atomic E-state index is 0.282. The molecule has 0 spiro atoms. The van der Waals surface area contributed by atoms with Crippen molar-refractivity contribution in [2.24, 2.45) is 23.0 Å². The number of carbonyl (C=O) groups is 1. The van der Waals surface area contributed by atoms with Gasteiger partial charge in [-0.15, -0.1) is 0 Å². The van der Waals surface area contributed by atoms with Gasteiger partial charge >= 0.3 is 5.97 Å². The molecular formula is C12H21NO3. The Morgan fingerprint density at radius 1 is 1.31 bits per heavy atom. The Hall–Kier alpha value is -0.610. The number of ether oxygens (including phenoxy) is 1. The number of carboxylic acid groups (broad SMARTS) is 1. The maximum Gasteiger partial charge on any atom is 0.311 e. The molecule has 2 aliphatic rings. The molecule has 3 N–H and O–H groups in total. The van der Waals surface area contributed by atoms with Gasteiger partial charge in [-0.2, -0.15) is 0 Å². The van der Waals surface area contributed by atoms with E-state index in [-0.39, 0.29) is 6.54 Å². The Morgan fingerprint density at radius 3 is 2.38 bits per heavy atom. The lowest BCUT2D eigenvalue weighted by Crippen LogP contribution is -2.43. The lowest BCUT2D eigenvalue weighted by molar-refractivity contribution is -0.151. The van der Waals surface area contributed by atoms with Crippen LogP contribution in [0.15, 0.2) is 0 Å². The molecule has 1 heterocycles. The molecule has 1 aliphatic carbocycles. The van der Waals surface area contributed by atoms with Gasteiger partial charge in [0.25, 0.3) is 0 Å². The van der Waals surface area contributed by atoms with Gasteiger partial charge in [-0.05, 0) is 43.9 Å². The third-order valence-corrected chi connectivity index (χ3v) is 4.14. The Kier molecular flexibility index (Phi) is 3.50. The summed E-state index contributed by atoms with van der Waals surface area (Å²) in [5.74, 6) is 0.107. The molecule has 0 aromatic rings. The molecule has 4 heteroatoms. The first kappa shape index (κ1) is 11.9. The lowest BCUT2D eigenvalue weighted by Gasteiger charge is -2.33. The van der Waals surface area contributed by atoms with Gasteiger partial charge in [-0.1, -0.05) is 0 Å². The van der Waals surface area contributed by atoms with Crippen molar-refractivity contribution in [3.05, 3.63) is 0 Å². The predicted molar refractivity (Wildman–Crippen MR) is 60.0 cm³/mol. The number of hydrogen-bond acceptors (Lipinski definition) is 3. The quantitative estimate of drug-likeness (QED) is 0.741. The van der Waals surface area contributed by atoms with Crippen molar-refractivity contribution in [3.8, 4) is 0 Å². The average Bonchev–Trinajstić information content (AvgIpc) is 3.11. The summed E-state index contributed by atoms with van der Waals surface area (Å²) >= 11 is 0. The van der Waals surface area contributed by atoms with Crippen molar-refractivity contribution in [2.45, 2.75) is 32.1 Å². The van der Waals surface area contributed by atoms with Crippen molar-refractivity contribution in [2.75, 3.05) is 19.8 Å². The van der Waals surface area contributed by atoms with Crippen LogP contribution in [-0.2, 0) is 9.53 Å². The highest BCUT2D eigenvalue weighted by Gasteiger charge is 2.51. The van der Waals surface area contributed by atoms with Crippen LogP contribution in [0, 0.1) is 17.3 Å². The van der Waals surface area contributed by atoms with Crippen LogP contribution in [-0.4, -0.2) is 30.8 Å². The highest BCUT2D eigenvalue weighted by Crippen LogP contribution is 2.49. The number of nitrogens with two attached hydrogens (primary N) is 1. The molecule has 1 saturated heterocycles. The van der Waals surface area contributed by atoms with E-state index in [2.05, 4.69) is 0 Å². The van der Waals surface area contributed by atoms with Gasteiger partial charge in [0.05, 0.1) is 5.41 Å². The van der Waals surface area contributed by atoms with Crippen LogP contribution in [0.4, 0.5) is 0 Å². The smallest absolute Gasteiger partial charge is 0.311 e. The summed E-state index contributed by atoms with van der Waals surface area (Å²) in [6.07, 6.45) is 4.79. The van der Waals surface area contributed by atoms with Crippen LogP contribution in [0.2, 0.25) is 0 Å². The molecule has 2 fully saturated rings. The molecule has 1 aliphatic heterocycles. The average molecular weight is 227 g/mol. The molecule has 92 valence electrons. The Morgan fingerprint density at radius 2 is 1.94 bits per heavy atom. The standard InChI is InChI=1S/C12H21NO3/c13-8-12(11(14)15,10-1-2-10)7-9-3-5-16-6-4-9/h9-10H,1-8,13H2,(H,14,15). The zero-order chi connectivity index (χ0) is 11.6. The molecule has 16 heavy (non-hydrogen) atoms. The molecule has 0 amide bonds. The number of aliphatic carboxylic acids is 1. The summed E-state index contributed by atoms with van der Waals surface area (Å²) in [5.41, 5.74) is 5.10. The summed E-state index contributed by atoms with van der Waals surface area (Å²) in [6.45, 7) is 1.83. The third-order valence-electron chi connectivity index (χ3n) is 4.14. The van der Waals surface area contributed by atoms with E-state index < -0.39 is 11.4 Å². The SMILES string of the molecule is NCC(CC1CCOCC1)(C(=O)O)C1CC1. The molecule has 0 aromatic heterocycles. The Bertz CT molecular complexity index is 259. The van der Waals surface area contributed by atoms with E-state index >= 15 is 0 Å². The van der Waals surface area contributed by atoms with E-state index in [0.29, 0.717) is 11.8 Å². The molecule has 0 aromatic carbocycles. The van der Waals surface area contributed by atoms with E-state index in [1.807, 2.05) is 0 Å². The van der Waals surface area contributed by atoms with Gasteiger partial charge in [0, 0.05) is 19.8 Å². The second-order valence-corrected chi connectivity index (χ2v) is 5.20. The topological polar surface area (TPSA) is 72.5 Å². The van der Waals surface area contributed by atoms with E-state index in [1.165, 1.54) is 0 Å². The van der Waals surface area contributed by atoms with Gasteiger partial charge in [0.1, 0.15) is 0 Å². The zero-order valence-corrected chi connectivity index (χ0v) is 9.65.